The lowest BCUT2D eigenvalue weighted by molar-refractivity contribution is 0.0940. The van der Waals surface area contributed by atoms with E-state index < -0.39 is 10.0 Å². The fourth-order valence-electron chi connectivity index (χ4n) is 2.64. The Kier molecular flexibility index (Phi) is 6.41. The average Bonchev–Trinajstić information content (AvgIpc) is 2.74. The summed E-state index contributed by atoms with van der Waals surface area (Å²) in [7, 11) is -3.66. The van der Waals surface area contributed by atoms with Gasteiger partial charge < -0.3 is 5.32 Å². The Morgan fingerprint density at radius 3 is 2.28 bits per heavy atom. The molecule has 0 aliphatic heterocycles. The molecular weight excluding hydrogens is 386 g/mol. The minimum atomic E-state index is -3.66. The van der Waals surface area contributed by atoms with Crippen molar-refractivity contribution in [3.8, 4) is 0 Å². The minimum Gasteiger partial charge on any atom is -0.346 e. The van der Waals surface area contributed by atoms with Crippen LogP contribution < -0.4 is 10.0 Å². The highest BCUT2D eigenvalue weighted by Gasteiger charge is 2.12. The van der Waals surface area contributed by atoms with Gasteiger partial charge in [-0.25, -0.2) is 8.42 Å². The predicted molar refractivity (Wildman–Crippen MR) is 115 cm³/mol. The molecule has 0 aliphatic rings. The normalized spacial score (nSPS) is 12.4. The van der Waals surface area contributed by atoms with Crippen molar-refractivity contribution < 1.29 is 13.2 Å². The fraction of sp³-hybridized carbons (Fsp3) is 0.0909. The molecule has 1 aromatic heterocycles. The second kappa shape index (κ2) is 9.16. The summed E-state index contributed by atoms with van der Waals surface area (Å²) in [5.41, 5.74) is 2.55. The molecule has 6 nitrogen and oxygen atoms in total. The highest BCUT2D eigenvalue weighted by Crippen LogP contribution is 2.15. The minimum absolute atomic E-state index is 0.174. The van der Waals surface area contributed by atoms with Crippen LogP contribution >= 0.6 is 0 Å². The number of nitrogens with one attached hydrogen (secondary N) is 2. The highest BCUT2D eigenvalue weighted by atomic mass is 32.2. The van der Waals surface area contributed by atoms with Gasteiger partial charge in [0.2, 0.25) is 0 Å². The van der Waals surface area contributed by atoms with E-state index in [1.165, 1.54) is 6.08 Å². The Hall–Kier alpha value is -3.45. The lowest BCUT2D eigenvalue weighted by atomic mass is 10.1. The van der Waals surface area contributed by atoms with Crippen LogP contribution in [-0.2, 0) is 10.0 Å². The predicted octanol–water partition coefficient (Wildman–Crippen LogP) is 3.99. The van der Waals surface area contributed by atoms with Crippen LogP contribution in [0.15, 0.2) is 84.5 Å². The number of aromatic nitrogens is 1. The third-order valence-corrected chi connectivity index (χ3v) is 5.21. The van der Waals surface area contributed by atoms with Crippen LogP contribution in [-0.4, -0.2) is 19.3 Å². The van der Waals surface area contributed by atoms with E-state index in [-0.39, 0.29) is 11.9 Å². The molecule has 7 heteroatoms. The first-order chi connectivity index (χ1) is 13.9. The average molecular weight is 407 g/mol. The summed E-state index contributed by atoms with van der Waals surface area (Å²) in [5, 5.41) is 4.01. The van der Waals surface area contributed by atoms with E-state index in [0.717, 1.165) is 16.5 Å². The standard InChI is InChI=1S/C22H21N3O3S/c1-17(19-11-14-23-15-12-19)24-22(26)20-7-9-21(10-8-20)25-29(27,28)16-13-18-5-3-2-4-6-18/h2-17,25H,1H3,(H,24,26)/b16-13+. The summed E-state index contributed by atoms with van der Waals surface area (Å²) >= 11 is 0. The molecular formula is C22H21N3O3S. The summed E-state index contributed by atoms with van der Waals surface area (Å²) in [5.74, 6) is -0.243. The van der Waals surface area contributed by atoms with Gasteiger partial charge in [0.1, 0.15) is 0 Å². The summed E-state index contributed by atoms with van der Waals surface area (Å²) in [6, 6.07) is 18.9. The zero-order valence-electron chi connectivity index (χ0n) is 15.8. The van der Waals surface area contributed by atoms with Crippen LogP contribution in [0.2, 0.25) is 0 Å². The summed E-state index contributed by atoms with van der Waals surface area (Å²) in [6.45, 7) is 1.88. The topological polar surface area (TPSA) is 88.2 Å². The zero-order valence-corrected chi connectivity index (χ0v) is 16.6. The van der Waals surface area contributed by atoms with E-state index in [4.69, 9.17) is 0 Å². The van der Waals surface area contributed by atoms with Crippen molar-refractivity contribution in [3.05, 3.63) is 101 Å². The van der Waals surface area contributed by atoms with E-state index in [0.29, 0.717) is 11.3 Å². The Balaban J connectivity index is 1.62. The lowest BCUT2D eigenvalue weighted by Crippen LogP contribution is -2.26. The van der Waals surface area contributed by atoms with Crippen LogP contribution in [0.25, 0.3) is 6.08 Å². The highest BCUT2D eigenvalue weighted by molar-refractivity contribution is 7.95. The van der Waals surface area contributed by atoms with Gasteiger partial charge in [-0.3, -0.25) is 14.5 Å². The van der Waals surface area contributed by atoms with Gasteiger partial charge in [-0.1, -0.05) is 30.3 Å². The van der Waals surface area contributed by atoms with Crippen LogP contribution in [0, 0.1) is 0 Å². The third kappa shape index (κ3) is 6.02. The Morgan fingerprint density at radius 2 is 1.62 bits per heavy atom. The van der Waals surface area contributed by atoms with E-state index in [9.17, 15) is 13.2 Å². The van der Waals surface area contributed by atoms with E-state index in [1.54, 1.807) is 36.7 Å². The Morgan fingerprint density at radius 1 is 0.966 bits per heavy atom. The quantitative estimate of drug-likeness (QED) is 0.620. The van der Waals surface area contributed by atoms with Gasteiger partial charge in [-0.2, -0.15) is 0 Å². The summed E-state index contributed by atoms with van der Waals surface area (Å²) < 4.78 is 26.9. The molecule has 1 atom stereocenters. The maximum absolute atomic E-state index is 12.4. The van der Waals surface area contributed by atoms with Gasteiger partial charge in [-0.05, 0) is 60.5 Å². The number of pyridine rings is 1. The van der Waals surface area contributed by atoms with Crippen LogP contribution in [0.5, 0.6) is 0 Å². The molecule has 0 spiro atoms. The fourth-order valence-corrected chi connectivity index (χ4v) is 3.50. The van der Waals surface area contributed by atoms with Crippen LogP contribution in [0.3, 0.4) is 0 Å². The van der Waals surface area contributed by atoms with Gasteiger partial charge in [0.05, 0.1) is 11.4 Å². The molecule has 3 rings (SSSR count). The molecule has 2 N–H and O–H groups in total. The first kappa shape index (κ1) is 20.3. The van der Waals surface area contributed by atoms with E-state index in [1.807, 2.05) is 49.4 Å². The largest absolute Gasteiger partial charge is 0.346 e. The molecule has 0 fully saturated rings. The number of carbonyl (C=O) groups is 1. The molecule has 0 saturated heterocycles. The van der Waals surface area contributed by atoms with Gasteiger partial charge in [0, 0.05) is 23.6 Å². The molecule has 1 unspecified atom stereocenters. The summed E-state index contributed by atoms with van der Waals surface area (Å²) in [4.78, 5) is 16.4. The first-order valence-corrected chi connectivity index (χ1v) is 10.5. The van der Waals surface area contributed by atoms with Crippen molar-refractivity contribution in [1.29, 1.82) is 0 Å². The number of anilines is 1. The Labute approximate surface area is 170 Å². The van der Waals surface area contributed by atoms with Gasteiger partial charge >= 0.3 is 0 Å². The molecule has 2 aromatic carbocycles. The number of hydrogen-bond donors (Lipinski definition) is 2. The van der Waals surface area contributed by atoms with Crippen molar-refractivity contribution in [2.75, 3.05) is 4.72 Å². The molecule has 0 bridgehead atoms. The van der Waals surface area contributed by atoms with E-state index >= 15 is 0 Å². The van der Waals surface area contributed by atoms with Gasteiger partial charge in [0.15, 0.2) is 0 Å². The van der Waals surface area contributed by atoms with Crippen LogP contribution in [0.1, 0.15) is 34.5 Å². The summed E-state index contributed by atoms with van der Waals surface area (Å²) in [6.07, 6.45) is 4.86. The van der Waals surface area contributed by atoms with Crippen molar-refractivity contribution in [1.82, 2.24) is 10.3 Å². The maximum Gasteiger partial charge on any atom is 0.255 e. The van der Waals surface area contributed by atoms with E-state index in [2.05, 4.69) is 15.0 Å². The van der Waals surface area contributed by atoms with Gasteiger partial charge in [-0.15, -0.1) is 0 Å². The number of hydrogen-bond acceptors (Lipinski definition) is 4. The first-order valence-electron chi connectivity index (χ1n) is 9.00. The zero-order chi connectivity index (χ0) is 20.7. The van der Waals surface area contributed by atoms with Crippen LogP contribution in [0.4, 0.5) is 5.69 Å². The SMILES string of the molecule is CC(NC(=O)c1ccc(NS(=O)(=O)/C=C/c2ccccc2)cc1)c1ccncc1. The smallest absolute Gasteiger partial charge is 0.255 e. The lowest BCUT2D eigenvalue weighted by Gasteiger charge is -2.14. The number of sulfonamides is 1. The molecule has 1 amide bonds. The molecule has 0 saturated carbocycles. The number of nitrogens with zero attached hydrogens (tertiary/aromatic N) is 1. The molecule has 0 radical (unpaired) electrons. The Bertz CT molecular complexity index is 1080. The number of benzene rings is 2. The monoisotopic (exact) mass is 407 g/mol. The van der Waals surface area contributed by atoms with Crippen molar-refractivity contribution in [2.45, 2.75) is 13.0 Å². The van der Waals surface area contributed by atoms with Crippen molar-refractivity contribution in [2.24, 2.45) is 0 Å². The second-order valence-electron chi connectivity index (χ2n) is 6.41. The maximum atomic E-state index is 12.4. The number of amides is 1. The van der Waals surface area contributed by atoms with Crippen molar-refractivity contribution in [3.63, 3.8) is 0 Å². The second-order valence-corrected chi connectivity index (χ2v) is 7.98. The molecule has 0 aliphatic carbocycles. The number of carbonyl (C=O) groups excluding carboxylic acids is 1. The molecule has 148 valence electrons. The third-order valence-electron chi connectivity index (χ3n) is 4.20. The molecule has 29 heavy (non-hydrogen) atoms. The van der Waals surface area contributed by atoms with Gasteiger partial charge in [0.25, 0.3) is 15.9 Å². The molecule has 1 heterocycles. The number of rotatable bonds is 7. The van der Waals surface area contributed by atoms with Crippen molar-refractivity contribution >= 4 is 27.7 Å². The molecule has 3 aromatic rings.